The molecule has 2 aromatic carbocycles. The molecule has 0 spiro atoms. The van der Waals surface area contributed by atoms with Crippen molar-refractivity contribution in [2.45, 2.75) is 51.2 Å². The Morgan fingerprint density at radius 3 is 2.73 bits per heavy atom. The molecule has 0 saturated heterocycles. The number of hydrogen-bond donors (Lipinski definition) is 2. The summed E-state index contributed by atoms with van der Waals surface area (Å²) in [5.41, 5.74) is 7.48. The van der Waals surface area contributed by atoms with Gasteiger partial charge in [0.05, 0.1) is 5.56 Å². The molecule has 0 aliphatic carbocycles. The first-order valence-electron chi connectivity index (χ1n) is 11.4. The zero-order valence-electron chi connectivity index (χ0n) is 18.8. The van der Waals surface area contributed by atoms with E-state index in [4.69, 9.17) is 15.2 Å². The summed E-state index contributed by atoms with van der Waals surface area (Å²) in [5, 5.41) is 13.7. The lowest BCUT2D eigenvalue weighted by Crippen LogP contribution is -2.51. The number of tetrazole rings is 1. The molecule has 0 amide bonds. The molecule has 33 heavy (non-hydrogen) atoms. The average molecular weight is 448 g/mol. The van der Waals surface area contributed by atoms with Crippen LogP contribution < -0.4 is 15.2 Å². The first kappa shape index (κ1) is 22.7. The Labute approximate surface area is 193 Å². The lowest BCUT2D eigenvalue weighted by molar-refractivity contribution is -0.0154. The molecule has 0 bridgehead atoms. The maximum absolute atomic E-state index is 13.0. The second-order valence-corrected chi connectivity index (χ2v) is 8.25. The first-order chi connectivity index (χ1) is 16.1. The summed E-state index contributed by atoms with van der Waals surface area (Å²) in [6.07, 6.45) is 10.8. The standard InChI is InChI=1S/C25H29N5O3/c1-2-3-4-5-6-8-18-11-13-19(14-12-18)15-16-21(31)20-9-7-10-22-23(20)33-25(26,17-32-22)24-27-29-30-28-24/h7,9-16H,2-6,8,17,26H2,1H3,(H,27,28,29,30). The van der Waals surface area contributed by atoms with Crippen LogP contribution in [0.15, 0.2) is 48.5 Å². The van der Waals surface area contributed by atoms with Crippen LogP contribution in [0.25, 0.3) is 6.08 Å². The SMILES string of the molecule is CCCCCCCc1ccc(C=CC(=O)c2cccc3c2OC(N)(c2nn[nH]n2)CO3)cc1. The van der Waals surface area contributed by atoms with Crippen LogP contribution in [0.5, 0.6) is 11.5 Å². The fourth-order valence-electron chi connectivity index (χ4n) is 3.77. The number of fused-ring (bicyclic) bond motifs is 1. The van der Waals surface area contributed by atoms with Crippen LogP contribution in [0.1, 0.15) is 66.3 Å². The lowest BCUT2D eigenvalue weighted by Gasteiger charge is -2.33. The number of hydrogen-bond acceptors (Lipinski definition) is 7. The third-order valence-electron chi connectivity index (χ3n) is 5.67. The van der Waals surface area contributed by atoms with Crippen molar-refractivity contribution in [3.05, 3.63) is 71.1 Å². The van der Waals surface area contributed by atoms with Gasteiger partial charge in [0.1, 0.15) is 6.61 Å². The number of nitrogens with two attached hydrogens (primary N) is 1. The van der Waals surface area contributed by atoms with Crippen molar-refractivity contribution in [1.82, 2.24) is 20.6 Å². The van der Waals surface area contributed by atoms with Crippen molar-refractivity contribution in [1.29, 1.82) is 0 Å². The summed E-state index contributed by atoms with van der Waals surface area (Å²) in [6.45, 7) is 2.23. The van der Waals surface area contributed by atoms with Crippen LogP contribution in [0.3, 0.4) is 0 Å². The van der Waals surface area contributed by atoms with Crippen LogP contribution >= 0.6 is 0 Å². The molecule has 0 saturated carbocycles. The quantitative estimate of drug-likeness (QED) is 0.272. The number of allylic oxidation sites excluding steroid dienone is 1. The Kier molecular flexibility index (Phi) is 7.14. The molecule has 2 heterocycles. The van der Waals surface area contributed by atoms with E-state index in [9.17, 15) is 4.79 Å². The van der Waals surface area contributed by atoms with Gasteiger partial charge < -0.3 is 9.47 Å². The molecule has 1 atom stereocenters. The van der Waals surface area contributed by atoms with Gasteiger partial charge in [-0.15, -0.1) is 10.2 Å². The Hall–Kier alpha value is -3.52. The van der Waals surface area contributed by atoms with Gasteiger partial charge in [0.2, 0.25) is 5.82 Å². The van der Waals surface area contributed by atoms with Crippen molar-refractivity contribution in [2.24, 2.45) is 5.73 Å². The van der Waals surface area contributed by atoms with Crippen LogP contribution in [0.4, 0.5) is 0 Å². The van der Waals surface area contributed by atoms with Crippen molar-refractivity contribution in [3.8, 4) is 11.5 Å². The molecule has 0 fully saturated rings. The third kappa shape index (κ3) is 5.46. The molecule has 3 aromatic rings. The van der Waals surface area contributed by atoms with Gasteiger partial charge >= 0.3 is 0 Å². The van der Waals surface area contributed by atoms with E-state index in [2.05, 4.69) is 39.7 Å². The second-order valence-electron chi connectivity index (χ2n) is 8.25. The number of nitrogens with zero attached hydrogens (tertiary/aromatic N) is 3. The van der Waals surface area contributed by atoms with E-state index >= 15 is 0 Å². The number of H-pyrrole nitrogens is 1. The fourth-order valence-corrected chi connectivity index (χ4v) is 3.77. The minimum Gasteiger partial charge on any atom is -0.483 e. The number of ether oxygens (including phenoxy) is 2. The van der Waals surface area contributed by atoms with Crippen LogP contribution in [-0.2, 0) is 12.1 Å². The Bertz CT molecular complexity index is 1100. The molecular formula is C25H29N5O3. The van der Waals surface area contributed by atoms with Gasteiger partial charge in [0.15, 0.2) is 17.3 Å². The highest BCUT2D eigenvalue weighted by atomic mass is 16.6. The zero-order chi connectivity index (χ0) is 23.1. The summed E-state index contributed by atoms with van der Waals surface area (Å²) in [6, 6.07) is 13.5. The number of rotatable bonds is 10. The van der Waals surface area contributed by atoms with Crippen molar-refractivity contribution in [2.75, 3.05) is 6.61 Å². The van der Waals surface area contributed by atoms with Crippen LogP contribution in [0.2, 0.25) is 0 Å². The number of aromatic amines is 1. The first-order valence-corrected chi connectivity index (χ1v) is 11.4. The molecule has 1 aromatic heterocycles. The molecule has 1 aliphatic heterocycles. The molecule has 1 aliphatic rings. The van der Waals surface area contributed by atoms with Gasteiger partial charge in [-0.25, -0.2) is 0 Å². The minimum absolute atomic E-state index is 0.00201. The number of aryl methyl sites for hydroxylation is 1. The highest BCUT2D eigenvalue weighted by Crippen LogP contribution is 2.39. The average Bonchev–Trinajstić information content (AvgIpc) is 3.39. The maximum atomic E-state index is 13.0. The Balaban J connectivity index is 1.42. The normalized spacial score (nSPS) is 17.4. The number of para-hydroxylation sites is 1. The monoisotopic (exact) mass is 447 g/mol. The number of unbranched alkanes of at least 4 members (excludes halogenated alkanes) is 4. The van der Waals surface area contributed by atoms with Gasteiger partial charge in [-0.1, -0.05) is 69.0 Å². The largest absolute Gasteiger partial charge is 0.483 e. The van der Waals surface area contributed by atoms with E-state index in [0.29, 0.717) is 11.3 Å². The summed E-state index contributed by atoms with van der Waals surface area (Å²) >= 11 is 0. The zero-order valence-corrected chi connectivity index (χ0v) is 18.8. The predicted molar refractivity (Wildman–Crippen MR) is 125 cm³/mol. The molecule has 1 unspecified atom stereocenters. The number of ketones is 1. The lowest BCUT2D eigenvalue weighted by atomic mass is 10.0. The highest BCUT2D eigenvalue weighted by Gasteiger charge is 2.41. The Morgan fingerprint density at radius 1 is 1.15 bits per heavy atom. The van der Waals surface area contributed by atoms with E-state index < -0.39 is 5.72 Å². The molecule has 0 radical (unpaired) electrons. The molecule has 3 N–H and O–H groups in total. The molecule has 8 nitrogen and oxygen atoms in total. The number of carbonyl (C=O) groups excluding carboxylic acids is 1. The van der Waals surface area contributed by atoms with Gasteiger partial charge in [-0.2, -0.15) is 5.21 Å². The van der Waals surface area contributed by atoms with Crippen molar-refractivity contribution in [3.63, 3.8) is 0 Å². The van der Waals surface area contributed by atoms with Crippen molar-refractivity contribution < 1.29 is 14.3 Å². The maximum Gasteiger partial charge on any atom is 0.257 e. The van der Waals surface area contributed by atoms with Crippen LogP contribution in [0, 0.1) is 0 Å². The Morgan fingerprint density at radius 2 is 1.97 bits per heavy atom. The molecule has 4 rings (SSSR count). The highest BCUT2D eigenvalue weighted by molar-refractivity contribution is 6.09. The summed E-state index contributed by atoms with van der Waals surface area (Å²) in [5.74, 6) is 0.649. The number of aromatic nitrogens is 4. The fraction of sp³-hybridized carbons (Fsp3) is 0.360. The number of carbonyl (C=O) groups is 1. The van der Waals surface area contributed by atoms with Gasteiger partial charge in [0, 0.05) is 0 Å². The third-order valence-corrected chi connectivity index (χ3v) is 5.67. The molecular weight excluding hydrogens is 418 g/mol. The van der Waals surface area contributed by atoms with Crippen molar-refractivity contribution >= 4 is 11.9 Å². The smallest absolute Gasteiger partial charge is 0.257 e. The number of nitrogens with one attached hydrogen (secondary N) is 1. The van der Waals surface area contributed by atoms with E-state index in [1.165, 1.54) is 43.7 Å². The summed E-state index contributed by atoms with van der Waals surface area (Å²) in [4.78, 5) is 13.0. The number of benzene rings is 2. The van der Waals surface area contributed by atoms with Crippen LogP contribution in [-0.4, -0.2) is 33.0 Å². The van der Waals surface area contributed by atoms with E-state index in [-0.39, 0.29) is 24.0 Å². The van der Waals surface area contributed by atoms with Gasteiger partial charge in [0.25, 0.3) is 5.72 Å². The van der Waals surface area contributed by atoms with E-state index in [0.717, 1.165) is 12.0 Å². The second kappa shape index (κ2) is 10.4. The molecule has 172 valence electrons. The van der Waals surface area contributed by atoms with E-state index in [1.807, 2.05) is 12.1 Å². The minimum atomic E-state index is -1.44. The summed E-state index contributed by atoms with van der Waals surface area (Å²) < 4.78 is 11.7. The van der Waals surface area contributed by atoms with E-state index in [1.54, 1.807) is 24.3 Å². The van der Waals surface area contributed by atoms with Gasteiger partial charge in [-0.3, -0.25) is 10.5 Å². The molecule has 8 heteroatoms. The topological polar surface area (TPSA) is 116 Å². The van der Waals surface area contributed by atoms with Gasteiger partial charge in [-0.05, 0) is 47.4 Å². The predicted octanol–water partition coefficient (Wildman–Crippen LogP) is 4.19. The summed E-state index contributed by atoms with van der Waals surface area (Å²) in [7, 11) is 0.